The summed E-state index contributed by atoms with van der Waals surface area (Å²) in [4.78, 5) is 16.9. The minimum Gasteiger partial charge on any atom is -0.287 e. The first-order chi connectivity index (χ1) is 31.0. The fraction of sp³-hybridized carbons (Fsp3) is 0.167. The molecule has 0 unspecified atom stereocenters. The topological polar surface area (TPSA) is 33.8 Å². The van der Waals surface area contributed by atoms with E-state index in [1.807, 2.05) is 29.0 Å². The second-order valence-corrected chi connectivity index (χ2v) is 14.6. The molecular weight excluding hydrogens is 939 g/mol. The van der Waals surface area contributed by atoms with Crippen molar-refractivity contribution in [2.75, 3.05) is 0 Å². The molecule has 1 aliphatic carbocycles. The number of hydrogen-bond acceptors (Lipinski definition) is 2. The molecule has 6 aromatic rings. The Morgan fingerprint density at radius 3 is 1.08 bits per heavy atom. The van der Waals surface area contributed by atoms with E-state index in [-0.39, 0.29) is 11.7 Å². The number of aromatic nitrogens is 2. The van der Waals surface area contributed by atoms with E-state index in [9.17, 15) is 57.5 Å². The van der Waals surface area contributed by atoms with Crippen molar-refractivity contribution in [3.8, 4) is 0 Å². The van der Waals surface area contributed by atoms with Crippen molar-refractivity contribution in [2.24, 2.45) is 5.92 Å². The molecule has 24 heteroatoms. The highest BCUT2D eigenvalue weighted by Gasteiger charge is 2.52. The first-order valence-electron chi connectivity index (χ1n) is 18.7. The molecule has 0 aliphatic heterocycles. The molecule has 0 atom stereocenters. The smallest absolute Gasteiger partial charge is 0.267 e. The van der Waals surface area contributed by atoms with Crippen LogP contribution in [-0.4, -0.2) is 16.9 Å². The molecule has 1 aliphatic rings. The van der Waals surface area contributed by atoms with Gasteiger partial charge in [0.05, 0.1) is 6.20 Å². The Kier molecular flexibility index (Phi) is 13.9. The highest BCUT2D eigenvalue weighted by molar-refractivity contribution is 7.20. The number of benzene rings is 5. The summed E-state index contributed by atoms with van der Waals surface area (Å²) < 4.78 is 296. The molecule has 1 fully saturated rings. The number of carbonyl (C=O) groups excluding carboxylic acids is 1. The van der Waals surface area contributed by atoms with Crippen molar-refractivity contribution >= 4 is 33.8 Å². The minimum atomic E-state index is -7.22. The van der Waals surface area contributed by atoms with Gasteiger partial charge in [-0.25, -0.2) is 87.8 Å². The van der Waals surface area contributed by atoms with Gasteiger partial charge in [-0.15, -0.1) is 21.9 Å². The Morgan fingerprint density at radius 1 is 0.455 bits per heavy atom. The van der Waals surface area contributed by atoms with Crippen molar-refractivity contribution < 1.29 is 97.2 Å². The fourth-order valence-electron chi connectivity index (χ4n) is 7.96. The van der Waals surface area contributed by atoms with Crippen LogP contribution in [0.25, 0.3) is 0 Å². The molecule has 1 heterocycles. The van der Waals surface area contributed by atoms with Crippen LogP contribution in [0.15, 0.2) is 48.9 Å². The Balaban J connectivity index is 0.000000284. The third-order valence-electron chi connectivity index (χ3n) is 11.0. The van der Waals surface area contributed by atoms with Crippen LogP contribution >= 0.6 is 0 Å². The van der Waals surface area contributed by atoms with Crippen LogP contribution in [0.1, 0.15) is 48.2 Å². The first-order valence-corrected chi connectivity index (χ1v) is 18.7. The van der Waals surface area contributed by atoms with E-state index in [2.05, 4.69) is 17.1 Å². The van der Waals surface area contributed by atoms with E-state index < -0.39 is 144 Å². The van der Waals surface area contributed by atoms with Gasteiger partial charge in [-0.3, -0.25) is 9.78 Å². The highest BCUT2D eigenvalue weighted by atomic mass is 19.2. The van der Waals surface area contributed by atoms with E-state index >= 15 is 35.1 Å². The predicted molar refractivity (Wildman–Crippen MR) is 190 cm³/mol. The summed E-state index contributed by atoms with van der Waals surface area (Å²) in [6.07, 6.45) is 3.83. The zero-order chi connectivity index (χ0) is 48.8. The van der Waals surface area contributed by atoms with Crippen LogP contribution < -0.4 is 26.4 Å². The van der Waals surface area contributed by atoms with Gasteiger partial charge in [0, 0.05) is 11.5 Å². The lowest BCUT2D eigenvalue weighted by atomic mass is 9.12. The number of carbonyl (C=O) groups is 1. The number of halogens is 20. The molecule has 5 aromatic carbocycles. The van der Waals surface area contributed by atoms with Gasteiger partial charge in [0.15, 0.2) is 82.5 Å². The Morgan fingerprint density at radius 2 is 0.758 bits per heavy atom. The summed E-state index contributed by atoms with van der Waals surface area (Å²) in [5, 5.41) is 0. The van der Waals surface area contributed by atoms with Crippen LogP contribution in [0.2, 0.25) is 0 Å². The molecule has 66 heavy (non-hydrogen) atoms. The number of hydrogen-bond donors (Lipinski definition) is 0. The molecule has 0 spiro atoms. The lowest BCUT2D eigenvalue weighted by molar-refractivity contribution is -0.690. The molecule has 7 rings (SSSR count). The molecule has 0 amide bonds. The Labute approximate surface area is 356 Å². The van der Waals surface area contributed by atoms with Gasteiger partial charge in [0.2, 0.25) is 5.78 Å². The quantitative estimate of drug-likeness (QED) is 0.0382. The van der Waals surface area contributed by atoms with Gasteiger partial charge in [0.1, 0.15) is 58.9 Å². The largest absolute Gasteiger partial charge is 0.287 e. The SMILES string of the molecule is Fc1c(F)c(F)c([B-](c2c(F)c(F)c(F)c(F)c2F)(c2c(F)c(F)c(F)c(F)c2F)c2c(F)c(F)c(F)c(F)c2F)c(F)c1F.O=C(c1cncc[n+]1Cc1ccccc1)C1CCCCC1. The van der Waals surface area contributed by atoms with E-state index in [1.54, 1.807) is 12.4 Å². The summed E-state index contributed by atoms with van der Waals surface area (Å²) in [5.41, 5.74) is -12.4. The maximum atomic E-state index is 15.4. The molecule has 0 radical (unpaired) electrons. The number of rotatable bonds is 8. The van der Waals surface area contributed by atoms with E-state index in [1.165, 1.54) is 24.8 Å². The van der Waals surface area contributed by atoms with E-state index in [0.717, 1.165) is 25.1 Å². The summed E-state index contributed by atoms with van der Waals surface area (Å²) in [6, 6.07) is 10.2. The average Bonchev–Trinajstić information content (AvgIpc) is 3.32. The molecule has 0 saturated heterocycles. The molecule has 0 N–H and O–H groups in total. The average molecular weight is 960 g/mol. The Bertz CT molecular complexity index is 2530. The van der Waals surface area contributed by atoms with Gasteiger partial charge < -0.3 is 0 Å². The van der Waals surface area contributed by atoms with Crippen molar-refractivity contribution in [2.45, 2.75) is 38.6 Å². The van der Waals surface area contributed by atoms with Crippen molar-refractivity contribution in [1.29, 1.82) is 0 Å². The molecule has 348 valence electrons. The van der Waals surface area contributed by atoms with Crippen LogP contribution in [-0.2, 0) is 6.54 Å². The molecule has 1 aromatic heterocycles. The third kappa shape index (κ3) is 7.90. The highest BCUT2D eigenvalue weighted by Crippen LogP contribution is 2.31. The zero-order valence-electron chi connectivity index (χ0n) is 32.4. The van der Waals surface area contributed by atoms with Gasteiger partial charge in [-0.1, -0.05) is 49.6 Å². The summed E-state index contributed by atoms with van der Waals surface area (Å²) >= 11 is 0. The lowest BCUT2D eigenvalue weighted by Crippen LogP contribution is -2.81. The first kappa shape index (κ1) is 49.0. The van der Waals surface area contributed by atoms with E-state index in [4.69, 9.17) is 0 Å². The summed E-state index contributed by atoms with van der Waals surface area (Å²) in [6.45, 7) is 0.719. The van der Waals surface area contributed by atoms with E-state index in [0.29, 0.717) is 0 Å². The molecule has 0 bridgehead atoms. The number of ketones is 1. The number of nitrogens with zero attached hydrogens (tertiary/aromatic N) is 2. The van der Waals surface area contributed by atoms with Crippen molar-refractivity contribution in [3.05, 3.63) is 177 Å². The predicted octanol–water partition coefficient (Wildman–Crippen LogP) is 9.03. The van der Waals surface area contributed by atoms with Gasteiger partial charge in [0.25, 0.3) is 5.69 Å². The normalized spacial score (nSPS) is 13.2. The van der Waals surface area contributed by atoms with Gasteiger partial charge in [-0.05, 0) is 12.8 Å². The molecule has 1 saturated carbocycles. The number of Topliss-reactive ketones (excluding diaryl/α,β-unsaturated/α-hetero) is 1. The van der Waals surface area contributed by atoms with Crippen LogP contribution in [0.5, 0.6) is 0 Å². The molecular formula is C42H21BF20N2O. The Hall–Kier alpha value is -6.49. The monoisotopic (exact) mass is 960 g/mol. The van der Waals surface area contributed by atoms with Crippen molar-refractivity contribution in [3.63, 3.8) is 0 Å². The van der Waals surface area contributed by atoms with Crippen molar-refractivity contribution in [1.82, 2.24) is 4.98 Å². The minimum absolute atomic E-state index is 0.185. The van der Waals surface area contributed by atoms with Crippen LogP contribution in [0, 0.1) is 122 Å². The molecule has 3 nitrogen and oxygen atoms in total. The standard InChI is InChI=1S/C24BF20.C18H21N2O/c26-5-1(6(27)14(35)21(42)13(5)34)25(2-7(28)15(36)22(43)16(37)8(2)29,3-9(30)17(38)23(44)18(39)10(3)31)4-11(32)19(40)24(45)20(41)12(4)33;21-18(16-9-5-2-6-10-16)17-13-19-11-12-20(17)14-15-7-3-1-4-8-15/h;1,3-4,7-8,11-13,16H,2,5-6,9-10,14H2/q-1;+1. The second-order valence-electron chi connectivity index (χ2n) is 14.6. The zero-order valence-corrected chi connectivity index (χ0v) is 32.4. The fourth-order valence-corrected chi connectivity index (χ4v) is 7.96. The van der Waals surface area contributed by atoms with Crippen LogP contribution in [0.4, 0.5) is 87.8 Å². The summed E-state index contributed by atoms with van der Waals surface area (Å²) in [7, 11) is 0. The van der Waals surface area contributed by atoms with Gasteiger partial charge in [-0.2, -0.15) is 4.57 Å². The van der Waals surface area contributed by atoms with Gasteiger partial charge >= 0.3 is 0 Å². The summed E-state index contributed by atoms with van der Waals surface area (Å²) in [5.74, 6) is -71.0. The third-order valence-corrected chi connectivity index (χ3v) is 11.0. The lowest BCUT2D eigenvalue weighted by Gasteiger charge is -2.44. The maximum absolute atomic E-state index is 15.4. The maximum Gasteiger partial charge on any atom is 0.267 e. The second kappa shape index (κ2) is 18.8. The van der Waals surface area contributed by atoms with Crippen LogP contribution in [0.3, 0.4) is 0 Å².